The minimum atomic E-state index is -1.17. The zero-order valence-electron chi connectivity index (χ0n) is 10.7. The van der Waals surface area contributed by atoms with Crippen molar-refractivity contribution in [2.45, 2.75) is 6.04 Å². The zero-order chi connectivity index (χ0) is 14.3. The van der Waals surface area contributed by atoms with Crippen LogP contribution in [0, 0.1) is 0 Å². The smallest absolute Gasteiger partial charge is 0.328 e. The van der Waals surface area contributed by atoms with Crippen molar-refractivity contribution < 1.29 is 24.2 Å². The van der Waals surface area contributed by atoms with Gasteiger partial charge in [0.2, 0.25) is 0 Å². The molecule has 0 saturated heterocycles. The lowest BCUT2D eigenvalue weighted by atomic mass is 10.3. The number of carboxylic acid groups (broad SMARTS) is 1. The van der Waals surface area contributed by atoms with E-state index in [1.54, 1.807) is 24.3 Å². The van der Waals surface area contributed by atoms with E-state index in [0.29, 0.717) is 11.4 Å². The number of hydrogen-bond donors (Lipinski definition) is 3. The number of anilines is 1. The van der Waals surface area contributed by atoms with E-state index in [-0.39, 0.29) is 6.61 Å². The number of amides is 2. The number of carboxylic acids is 1. The fourth-order valence-corrected chi connectivity index (χ4v) is 1.41. The number of urea groups is 1. The van der Waals surface area contributed by atoms with Crippen LogP contribution in [0.15, 0.2) is 24.3 Å². The van der Waals surface area contributed by atoms with Crippen molar-refractivity contribution >= 4 is 17.7 Å². The summed E-state index contributed by atoms with van der Waals surface area (Å²) >= 11 is 0. The maximum Gasteiger partial charge on any atom is 0.328 e. The molecule has 0 spiro atoms. The molecule has 7 heteroatoms. The zero-order valence-corrected chi connectivity index (χ0v) is 10.7. The molecule has 0 heterocycles. The Morgan fingerprint density at radius 2 is 2.00 bits per heavy atom. The number of carbonyl (C=O) groups is 2. The van der Waals surface area contributed by atoms with E-state index in [9.17, 15) is 9.59 Å². The first-order valence-electron chi connectivity index (χ1n) is 5.50. The van der Waals surface area contributed by atoms with Crippen LogP contribution in [0.1, 0.15) is 0 Å². The largest absolute Gasteiger partial charge is 0.495 e. The van der Waals surface area contributed by atoms with Crippen LogP contribution in [0.2, 0.25) is 0 Å². The normalized spacial score (nSPS) is 11.5. The van der Waals surface area contributed by atoms with Gasteiger partial charge < -0.3 is 25.2 Å². The number of nitrogens with one attached hydrogen (secondary N) is 2. The predicted octanol–water partition coefficient (Wildman–Crippen LogP) is 0.916. The molecule has 1 atom stereocenters. The Balaban J connectivity index is 2.66. The molecular weight excluding hydrogens is 252 g/mol. The highest BCUT2D eigenvalue weighted by atomic mass is 16.5. The van der Waals surface area contributed by atoms with Crippen LogP contribution in [-0.2, 0) is 9.53 Å². The third kappa shape index (κ3) is 4.47. The highest BCUT2D eigenvalue weighted by Crippen LogP contribution is 2.22. The predicted molar refractivity (Wildman–Crippen MR) is 68.4 cm³/mol. The molecule has 104 valence electrons. The molecule has 0 bridgehead atoms. The van der Waals surface area contributed by atoms with Gasteiger partial charge in [-0.1, -0.05) is 12.1 Å². The molecule has 0 aliphatic heterocycles. The first-order chi connectivity index (χ1) is 9.08. The van der Waals surface area contributed by atoms with Crippen LogP contribution >= 0.6 is 0 Å². The number of para-hydroxylation sites is 2. The van der Waals surface area contributed by atoms with E-state index < -0.39 is 18.0 Å². The van der Waals surface area contributed by atoms with Crippen LogP contribution in [0.5, 0.6) is 5.75 Å². The van der Waals surface area contributed by atoms with Gasteiger partial charge in [0.05, 0.1) is 19.4 Å². The Bertz CT molecular complexity index is 450. The quantitative estimate of drug-likeness (QED) is 0.712. The molecular formula is C12H16N2O5. The van der Waals surface area contributed by atoms with Crippen molar-refractivity contribution in [1.29, 1.82) is 0 Å². The molecule has 0 aromatic heterocycles. The second-order valence-electron chi connectivity index (χ2n) is 3.64. The summed E-state index contributed by atoms with van der Waals surface area (Å²) in [7, 11) is 2.83. The first kappa shape index (κ1) is 14.8. The van der Waals surface area contributed by atoms with Crippen molar-refractivity contribution in [1.82, 2.24) is 5.32 Å². The molecule has 7 nitrogen and oxygen atoms in total. The van der Waals surface area contributed by atoms with E-state index in [1.807, 2.05) is 0 Å². The fraction of sp³-hybridized carbons (Fsp3) is 0.333. The van der Waals surface area contributed by atoms with Crippen molar-refractivity contribution in [3.05, 3.63) is 24.3 Å². The van der Waals surface area contributed by atoms with Crippen LogP contribution in [0.3, 0.4) is 0 Å². The van der Waals surface area contributed by atoms with E-state index in [2.05, 4.69) is 10.6 Å². The van der Waals surface area contributed by atoms with Gasteiger partial charge in [-0.05, 0) is 12.1 Å². The fourth-order valence-electron chi connectivity index (χ4n) is 1.41. The molecule has 1 rings (SSSR count). The minimum absolute atomic E-state index is 0.116. The molecule has 2 amide bonds. The number of rotatable bonds is 6. The number of aliphatic carboxylic acids is 1. The van der Waals surface area contributed by atoms with E-state index in [1.165, 1.54) is 14.2 Å². The molecule has 0 fully saturated rings. The number of methoxy groups -OCH3 is 2. The van der Waals surface area contributed by atoms with Crippen LogP contribution < -0.4 is 15.4 Å². The third-order valence-corrected chi connectivity index (χ3v) is 2.29. The molecule has 0 saturated carbocycles. The summed E-state index contributed by atoms with van der Waals surface area (Å²) in [5.41, 5.74) is 0.448. The summed E-state index contributed by atoms with van der Waals surface area (Å²) in [5.74, 6) is -0.687. The number of hydrogen-bond acceptors (Lipinski definition) is 4. The number of carbonyl (C=O) groups excluding carboxylic acids is 1. The molecule has 3 N–H and O–H groups in total. The SMILES string of the molecule is COCC(NC(=O)Nc1ccccc1OC)C(=O)O. The van der Waals surface area contributed by atoms with Crippen LogP contribution in [0.4, 0.5) is 10.5 Å². The van der Waals surface area contributed by atoms with E-state index in [4.69, 9.17) is 14.6 Å². The van der Waals surface area contributed by atoms with Gasteiger partial charge in [0.25, 0.3) is 0 Å². The Morgan fingerprint density at radius 1 is 1.32 bits per heavy atom. The number of ether oxygens (including phenoxy) is 2. The first-order valence-corrected chi connectivity index (χ1v) is 5.50. The average Bonchev–Trinajstić information content (AvgIpc) is 2.38. The van der Waals surface area contributed by atoms with Crippen molar-refractivity contribution in [2.75, 3.05) is 26.1 Å². The minimum Gasteiger partial charge on any atom is -0.495 e. The molecule has 1 aromatic carbocycles. The lowest BCUT2D eigenvalue weighted by molar-refractivity contribution is -0.140. The highest BCUT2D eigenvalue weighted by molar-refractivity contribution is 5.93. The van der Waals surface area contributed by atoms with Gasteiger partial charge in [-0.3, -0.25) is 0 Å². The van der Waals surface area contributed by atoms with Crippen LogP contribution in [0.25, 0.3) is 0 Å². The van der Waals surface area contributed by atoms with Gasteiger partial charge in [0.1, 0.15) is 5.75 Å². The molecule has 1 unspecified atom stereocenters. The summed E-state index contributed by atoms with van der Waals surface area (Å²) < 4.78 is 9.78. The Labute approximate surface area is 110 Å². The molecule has 19 heavy (non-hydrogen) atoms. The van der Waals surface area contributed by atoms with Crippen molar-refractivity contribution in [3.63, 3.8) is 0 Å². The maximum absolute atomic E-state index is 11.7. The van der Waals surface area contributed by atoms with Gasteiger partial charge in [-0.2, -0.15) is 0 Å². The van der Waals surface area contributed by atoms with Gasteiger partial charge in [-0.25, -0.2) is 9.59 Å². The monoisotopic (exact) mass is 268 g/mol. The van der Waals surface area contributed by atoms with Crippen molar-refractivity contribution in [2.24, 2.45) is 0 Å². The summed E-state index contributed by atoms with van der Waals surface area (Å²) in [5, 5.41) is 13.7. The highest BCUT2D eigenvalue weighted by Gasteiger charge is 2.20. The third-order valence-electron chi connectivity index (χ3n) is 2.29. The van der Waals surface area contributed by atoms with E-state index >= 15 is 0 Å². The summed E-state index contributed by atoms with van der Waals surface area (Å²) in [4.78, 5) is 22.5. The maximum atomic E-state index is 11.7. The molecule has 0 aliphatic rings. The van der Waals surface area contributed by atoms with Gasteiger partial charge in [-0.15, -0.1) is 0 Å². The molecule has 0 radical (unpaired) electrons. The average molecular weight is 268 g/mol. The van der Waals surface area contributed by atoms with Gasteiger partial charge >= 0.3 is 12.0 Å². The van der Waals surface area contributed by atoms with E-state index in [0.717, 1.165) is 0 Å². The Kier molecular flexibility index (Phi) is 5.62. The summed E-state index contributed by atoms with van der Waals surface area (Å²) in [6.07, 6.45) is 0. The topological polar surface area (TPSA) is 96.9 Å². The van der Waals surface area contributed by atoms with Gasteiger partial charge in [0.15, 0.2) is 6.04 Å². The van der Waals surface area contributed by atoms with Gasteiger partial charge in [0, 0.05) is 7.11 Å². The molecule has 0 aliphatic carbocycles. The lowest BCUT2D eigenvalue weighted by Crippen LogP contribution is -2.45. The Hall–Kier alpha value is -2.28. The Morgan fingerprint density at radius 3 is 2.58 bits per heavy atom. The summed E-state index contributed by atoms with van der Waals surface area (Å²) in [6.45, 7) is -0.116. The molecule has 1 aromatic rings. The second-order valence-corrected chi connectivity index (χ2v) is 3.64. The number of benzene rings is 1. The second kappa shape index (κ2) is 7.22. The summed E-state index contributed by atoms with van der Waals surface area (Å²) in [6, 6.07) is 5.05. The lowest BCUT2D eigenvalue weighted by Gasteiger charge is -2.15. The van der Waals surface area contributed by atoms with Crippen LogP contribution in [-0.4, -0.2) is 44.0 Å². The van der Waals surface area contributed by atoms with Crippen molar-refractivity contribution in [3.8, 4) is 5.75 Å². The standard InChI is InChI=1S/C12H16N2O5/c1-18-7-9(11(15)16)14-12(17)13-8-5-3-4-6-10(8)19-2/h3-6,9H,7H2,1-2H3,(H,15,16)(H2,13,14,17).